The standard InChI is InChI=1S/C20H24F4N4O3/c1-31-16-6-12(2-3-15(16)21)25-17(29)10-27-8-14-7-13(27)9-28(14)11-18(30)26-19(4-5-19)20(22,23)24/h2-3,6,13-14H,4-5,7-11H2,1H3,(H,25,29)(H,26,30)/t13-,14-/m0/s1. The number of amides is 2. The summed E-state index contributed by atoms with van der Waals surface area (Å²) in [4.78, 5) is 28.4. The normalized spacial score (nSPS) is 24.8. The summed E-state index contributed by atoms with van der Waals surface area (Å²) in [5.41, 5.74) is -1.62. The Hall–Kier alpha value is -2.40. The molecule has 2 atom stereocenters. The van der Waals surface area contributed by atoms with Gasteiger partial charge in [0.15, 0.2) is 11.6 Å². The Labute approximate surface area is 176 Å². The summed E-state index contributed by atoms with van der Waals surface area (Å²) in [6, 6.07) is 4.14. The Morgan fingerprint density at radius 1 is 1.13 bits per heavy atom. The number of piperazine rings is 1. The van der Waals surface area contributed by atoms with E-state index in [-0.39, 0.29) is 49.7 Å². The number of rotatable bonds is 7. The van der Waals surface area contributed by atoms with Gasteiger partial charge in [0.25, 0.3) is 0 Å². The molecule has 31 heavy (non-hydrogen) atoms. The van der Waals surface area contributed by atoms with E-state index in [1.807, 2.05) is 9.80 Å². The highest BCUT2D eigenvalue weighted by molar-refractivity contribution is 5.92. The Kier molecular flexibility index (Phi) is 5.59. The minimum atomic E-state index is -4.43. The topological polar surface area (TPSA) is 73.9 Å². The van der Waals surface area contributed by atoms with Crippen LogP contribution in [0.25, 0.3) is 0 Å². The highest BCUT2D eigenvalue weighted by atomic mass is 19.4. The fourth-order valence-electron chi connectivity index (χ4n) is 4.44. The molecule has 2 heterocycles. The first-order valence-electron chi connectivity index (χ1n) is 10.1. The van der Waals surface area contributed by atoms with Crippen LogP contribution in [0, 0.1) is 5.82 Å². The maximum atomic E-state index is 13.5. The van der Waals surface area contributed by atoms with Crippen molar-refractivity contribution in [1.29, 1.82) is 0 Å². The number of carbonyl (C=O) groups is 2. The van der Waals surface area contributed by atoms with Crippen molar-refractivity contribution in [3.05, 3.63) is 24.0 Å². The second kappa shape index (κ2) is 7.94. The third kappa shape index (κ3) is 4.47. The molecule has 4 rings (SSSR count). The van der Waals surface area contributed by atoms with Crippen LogP contribution in [-0.2, 0) is 9.59 Å². The molecule has 1 saturated carbocycles. The maximum Gasteiger partial charge on any atom is 0.411 e. The van der Waals surface area contributed by atoms with Gasteiger partial charge >= 0.3 is 6.18 Å². The Morgan fingerprint density at radius 2 is 1.74 bits per heavy atom. The Balaban J connectivity index is 1.25. The van der Waals surface area contributed by atoms with E-state index in [0.717, 1.165) is 6.42 Å². The maximum absolute atomic E-state index is 13.5. The number of ether oxygens (including phenoxy) is 1. The van der Waals surface area contributed by atoms with Crippen molar-refractivity contribution in [2.75, 3.05) is 38.6 Å². The van der Waals surface area contributed by atoms with Crippen LogP contribution in [0.5, 0.6) is 5.75 Å². The van der Waals surface area contributed by atoms with Crippen LogP contribution < -0.4 is 15.4 Å². The van der Waals surface area contributed by atoms with E-state index in [1.54, 1.807) is 0 Å². The first-order chi connectivity index (χ1) is 14.6. The van der Waals surface area contributed by atoms with Crippen molar-refractivity contribution in [3.63, 3.8) is 0 Å². The molecule has 2 bridgehead atoms. The van der Waals surface area contributed by atoms with E-state index in [4.69, 9.17) is 4.74 Å². The summed E-state index contributed by atoms with van der Waals surface area (Å²) in [7, 11) is 1.34. The lowest BCUT2D eigenvalue weighted by atomic mass is 10.2. The SMILES string of the molecule is COc1cc(NC(=O)CN2C[C@@H]3C[C@H]2CN3CC(=O)NC2(C(F)(F)F)CC2)ccc1F. The van der Waals surface area contributed by atoms with Gasteiger partial charge in [-0.1, -0.05) is 0 Å². The molecule has 0 radical (unpaired) electrons. The van der Waals surface area contributed by atoms with Crippen LogP contribution in [0.3, 0.4) is 0 Å². The first kappa shape index (κ1) is 21.8. The second-order valence-electron chi connectivity index (χ2n) is 8.43. The monoisotopic (exact) mass is 444 g/mol. The summed E-state index contributed by atoms with van der Waals surface area (Å²) in [5, 5.41) is 4.87. The van der Waals surface area contributed by atoms with Gasteiger partial charge in [0, 0.05) is 36.9 Å². The zero-order valence-electron chi connectivity index (χ0n) is 17.0. The zero-order valence-corrected chi connectivity index (χ0v) is 17.0. The minimum absolute atomic E-state index is 0.0236. The number of likely N-dealkylation sites (tertiary alicyclic amines) is 2. The van der Waals surface area contributed by atoms with Gasteiger partial charge in [-0.2, -0.15) is 13.2 Å². The molecule has 3 aliphatic rings. The van der Waals surface area contributed by atoms with Gasteiger partial charge in [0.1, 0.15) is 5.54 Å². The third-order valence-corrected chi connectivity index (χ3v) is 6.27. The van der Waals surface area contributed by atoms with Crippen molar-refractivity contribution in [1.82, 2.24) is 15.1 Å². The molecule has 7 nitrogen and oxygen atoms in total. The zero-order chi connectivity index (χ0) is 22.4. The number of methoxy groups -OCH3 is 1. The average molecular weight is 444 g/mol. The van der Waals surface area contributed by atoms with Gasteiger partial charge in [-0.05, 0) is 31.4 Å². The van der Waals surface area contributed by atoms with E-state index in [0.29, 0.717) is 18.8 Å². The van der Waals surface area contributed by atoms with Gasteiger partial charge in [-0.15, -0.1) is 0 Å². The van der Waals surface area contributed by atoms with Crippen molar-refractivity contribution in [2.45, 2.75) is 43.1 Å². The quantitative estimate of drug-likeness (QED) is 0.627. The number of halogens is 4. The number of anilines is 1. The first-order valence-corrected chi connectivity index (χ1v) is 10.1. The molecule has 1 aromatic carbocycles. The fourth-order valence-corrected chi connectivity index (χ4v) is 4.44. The van der Waals surface area contributed by atoms with E-state index >= 15 is 0 Å². The molecule has 11 heteroatoms. The third-order valence-electron chi connectivity index (χ3n) is 6.27. The molecule has 0 spiro atoms. The number of carbonyl (C=O) groups excluding carboxylic acids is 2. The molecule has 170 valence electrons. The number of hydrogen-bond donors (Lipinski definition) is 2. The number of nitrogens with one attached hydrogen (secondary N) is 2. The molecule has 2 saturated heterocycles. The molecule has 2 aliphatic heterocycles. The van der Waals surface area contributed by atoms with Gasteiger partial charge < -0.3 is 15.4 Å². The van der Waals surface area contributed by atoms with E-state index in [2.05, 4.69) is 10.6 Å². The van der Waals surface area contributed by atoms with Crippen LogP contribution >= 0.6 is 0 Å². The molecule has 2 amide bonds. The summed E-state index contributed by atoms with van der Waals surface area (Å²) < 4.78 is 57.4. The Morgan fingerprint density at radius 3 is 2.26 bits per heavy atom. The molecule has 0 unspecified atom stereocenters. The lowest BCUT2D eigenvalue weighted by Crippen LogP contribution is -2.54. The van der Waals surface area contributed by atoms with Gasteiger partial charge in [0.05, 0.1) is 20.2 Å². The number of alkyl halides is 3. The van der Waals surface area contributed by atoms with Crippen LogP contribution in [0.2, 0.25) is 0 Å². The lowest BCUT2D eigenvalue weighted by Gasteiger charge is -2.33. The molecule has 1 aromatic rings. The molecule has 2 N–H and O–H groups in total. The van der Waals surface area contributed by atoms with Crippen LogP contribution in [0.1, 0.15) is 19.3 Å². The van der Waals surface area contributed by atoms with Crippen molar-refractivity contribution in [3.8, 4) is 5.75 Å². The van der Waals surface area contributed by atoms with Crippen LogP contribution in [-0.4, -0.2) is 78.7 Å². The van der Waals surface area contributed by atoms with E-state index < -0.39 is 23.4 Å². The summed E-state index contributed by atoms with van der Waals surface area (Å²) >= 11 is 0. The number of hydrogen-bond acceptors (Lipinski definition) is 5. The van der Waals surface area contributed by atoms with Gasteiger partial charge in [0.2, 0.25) is 11.8 Å². The van der Waals surface area contributed by atoms with Crippen LogP contribution in [0.4, 0.5) is 23.2 Å². The second-order valence-corrected chi connectivity index (χ2v) is 8.43. The predicted octanol–water partition coefficient (Wildman–Crippen LogP) is 1.74. The van der Waals surface area contributed by atoms with Crippen LogP contribution in [0.15, 0.2) is 18.2 Å². The van der Waals surface area contributed by atoms with Crippen molar-refractivity contribution < 1.29 is 31.9 Å². The highest BCUT2D eigenvalue weighted by Gasteiger charge is 2.64. The molecule has 0 aromatic heterocycles. The molecule has 1 aliphatic carbocycles. The highest BCUT2D eigenvalue weighted by Crippen LogP contribution is 2.48. The Bertz CT molecular complexity index is 874. The minimum Gasteiger partial charge on any atom is -0.494 e. The van der Waals surface area contributed by atoms with Gasteiger partial charge in [-0.25, -0.2) is 4.39 Å². The largest absolute Gasteiger partial charge is 0.494 e. The number of nitrogens with zero attached hydrogens (tertiary/aromatic N) is 2. The van der Waals surface area contributed by atoms with E-state index in [9.17, 15) is 27.2 Å². The summed E-state index contributed by atoms with van der Waals surface area (Å²) in [5.74, 6) is -1.36. The van der Waals surface area contributed by atoms with Gasteiger partial charge in [-0.3, -0.25) is 19.4 Å². The predicted molar refractivity (Wildman–Crippen MR) is 103 cm³/mol. The van der Waals surface area contributed by atoms with Crippen molar-refractivity contribution in [2.24, 2.45) is 0 Å². The fraction of sp³-hybridized carbons (Fsp3) is 0.600. The van der Waals surface area contributed by atoms with E-state index in [1.165, 1.54) is 25.3 Å². The lowest BCUT2D eigenvalue weighted by molar-refractivity contribution is -0.170. The summed E-state index contributed by atoms with van der Waals surface area (Å²) in [6.45, 7) is 1.14. The molecular formula is C20H24F4N4O3. The smallest absolute Gasteiger partial charge is 0.411 e. The number of fused-ring (bicyclic) bond motifs is 2. The number of benzene rings is 1. The summed E-state index contributed by atoms with van der Waals surface area (Å²) in [6.07, 6.45) is -3.81. The molecule has 3 fully saturated rings. The van der Waals surface area contributed by atoms with Crippen molar-refractivity contribution >= 4 is 17.5 Å². The molecular weight excluding hydrogens is 420 g/mol. The average Bonchev–Trinajstić information content (AvgIpc) is 3.24.